The molecule has 0 bridgehead atoms. The average molecular weight is 522 g/mol. The molecule has 3 aromatic carbocycles. The van der Waals surface area contributed by atoms with Gasteiger partial charge in [-0.3, -0.25) is 9.59 Å². The van der Waals surface area contributed by atoms with Crippen LogP contribution in [0.4, 0.5) is 27.6 Å². The molecule has 1 unspecified atom stereocenters. The minimum atomic E-state index is -4.86. The molecular weight excluding hydrogens is 505 g/mol. The lowest BCUT2D eigenvalue weighted by molar-refractivity contribution is -0.137. The third-order valence-electron chi connectivity index (χ3n) is 6.27. The number of hydrogen-bond donors (Lipinski definition) is 3. The van der Waals surface area contributed by atoms with Crippen molar-refractivity contribution in [3.63, 3.8) is 0 Å². The predicted octanol–water partition coefficient (Wildman–Crippen LogP) is 5.41. The molecule has 2 aliphatic rings. The van der Waals surface area contributed by atoms with Crippen LogP contribution in [0.15, 0.2) is 48.5 Å². The maximum absolute atomic E-state index is 14.0. The van der Waals surface area contributed by atoms with Gasteiger partial charge in [-0.2, -0.15) is 13.2 Å². The van der Waals surface area contributed by atoms with E-state index in [9.17, 15) is 31.5 Å². The Kier molecular flexibility index (Phi) is 5.96. The molecule has 0 radical (unpaired) electrons. The molecule has 2 amide bonds. The molecule has 3 aromatic rings. The normalized spacial score (nSPS) is 17.4. The number of rotatable bonds is 4. The van der Waals surface area contributed by atoms with Crippen LogP contribution in [-0.2, 0) is 6.18 Å². The second kappa shape index (κ2) is 8.86. The number of halogens is 6. The molecule has 0 aliphatic carbocycles. The molecule has 1 saturated heterocycles. The standard InChI is InChI=1S/C25H17ClF5N3O2/c26-19-2-1-15(27)8-17(19)22-21-18(24(36)34-22)5-11(13-9-32-10-13)6-20(21)33-23(35)12-3-14(25(29,30)31)7-16(28)4-12/h1-8,13,22,32H,9-10H2,(H,33,35)(H,34,36). The predicted molar refractivity (Wildman–Crippen MR) is 122 cm³/mol. The summed E-state index contributed by atoms with van der Waals surface area (Å²) in [6, 6.07) is 7.52. The molecule has 5 rings (SSSR count). The third kappa shape index (κ3) is 4.42. The highest BCUT2D eigenvalue weighted by atomic mass is 35.5. The molecule has 1 fully saturated rings. The van der Waals surface area contributed by atoms with Gasteiger partial charge in [0.15, 0.2) is 0 Å². The maximum atomic E-state index is 14.0. The van der Waals surface area contributed by atoms with Gasteiger partial charge in [-0.1, -0.05) is 11.6 Å². The molecule has 36 heavy (non-hydrogen) atoms. The summed E-state index contributed by atoms with van der Waals surface area (Å²) in [4.78, 5) is 25.9. The van der Waals surface area contributed by atoms with Crippen molar-refractivity contribution in [3.05, 3.63) is 98.6 Å². The fourth-order valence-electron chi connectivity index (χ4n) is 4.37. The highest BCUT2D eigenvalue weighted by Gasteiger charge is 2.36. The summed E-state index contributed by atoms with van der Waals surface area (Å²) in [5.41, 5.74) is -0.278. The topological polar surface area (TPSA) is 70.2 Å². The highest BCUT2D eigenvalue weighted by Crippen LogP contribution is 2.41. The van der Waals surface area contributed by atoms with Gasteiger partial charge in [0.2, 0.25) is 0 Å². The summed E-state index contributed by atoms with van der Waals surface area (Å²) in [6.45, 7) is 1.26. The molecule has 5 nitrogen and oxygen atoms in total. The lowest BCUT2D eigenvalue weighted by atomic mass is 9.88. The lowest BCUT2D eigenvalue weighted by Crippen LogP contribution is -2.40. The Morgan fingerprint density at radius 2 is 1.75 bits per heavy atom. The Morgan fingerprint density at radius 1 is 1.00 bits per heavy atom. The molecule has 2 heterocycles. The quantitative estimate of drug-likeness (QED) is 0.402. The average Bonchev–Trinajstić information content (AvgIpc) is 3.10. The summed E-state index contributed by atoms with van der Waals surface area (Å²) < 4.78 is 67.4. The van der Waals surface area contributed by atoms with Crippen LogP contribution in [0.3, 0.4) is 0 Å². The first-order valence-electron chi connectivity index (χ1n) is 10.8. The summed E-state index contributed by atoms with van der Waals surface area (Å²) in [6.07, 6.45) is -4.86. The fraction of sp³-hybridized carbons (Fsp3) is 0.200. The van der Waals surface area contributed by atoms with Crippen molar-refractivity contribution >= 4 is 29.1 Å². The van der Waals surface area contributed by atoms with Crippen LogP contribution in [-0.4, -0.2) is 24.9 Å². The van der Waals surface area contributed by atoms with Gasteiger partial charge in [0.05, 0.1) is 11.6 Å². The minimum Gasteiger partial charge on any atom is -0.341 e. The smallest absolute Gasteiger partial charge is 0.341 e. The second-order valence-electron chi connectivity index (χ2n) is 8.64. The maximum Gasteiger partial charge on any atom is 0.416 e. The molecule has 2 aliphatic heterocycles. The number of fused-ring (bicyclic) bond motifs is 1. The van der Waals surface area contributed by atoms with Crippen LogP contribution in [0.5, 0.6) is 0 Å². The number of anilines is 1. The summed E-state index contributed by atoms with van der Waals surface area (Å²) >= 11 is 6.27. The van der Waals surface area contributed by atoms with E-state index < -0.39 is 46.8 Å². The number of nitrogens with one attached hydrogen (secondary N) is 3. The van der Waals surface area contributed by atoms with Crippen molar-refractivity contribution < 1.29 is 31.5 Å². The lowest BCUT2D eigenvalue weighted by Gasteiger charge is -2.29. The van der Waals surface area contributed by atoms with E-state index in [1.807, 2.05) is 0 Å². The molecule has 11 heteroatoms. The van der Waals surface area contributed by atoms with Crippen LogP contribution in [0.2, 0.25) is 5.02 Å². The van der Waals surface area contributed by atoms with Crippen LogP contribution >= 0.6 is 11.6 Å². The van der Waals surface area contributed by atoms with Crippen molar-refractivity contribution in [2.24, 2.45) is 0 Å². The fourth-order valence-corrected chi connectivity index (χ4v) is 4.59. The van der Waals surface area contributed by atoms with E-state index in [4.69, 9.17) is 11.6 Å². The van der Waals surface area contributed by atoms with E-state index in [-0.39, 0.29) is 33.3 Å². The highest BCUT2D eigenvalue weighted by molar-refractivity contribution is 6.31. The van der Waals surface area contributed by atoms with Gasteiger partial charge >= 0.3 is 6.18 Å². The number of benzene rings is 3. The van der Waals surface area contributed by atoms with Crippen molar-refractivity contribution in [3.8, 4) is 0 Å². The monoisotopic (exact) mass is 521 g/mol. The van der Waals surface area contributed by atoms with Crippen LogP contribution in [0.25, 0.3) is 0 Å². The second-order valence-corrected chi connectivity index (χ2v) is 9.04. The molecule has 3 N–H and O–H groups in total. The number of amides is 2. The van der Waals surface area contributed by atoms with Gasteiger partial charge in [0, 0.05) is 52.0 Å². The van der Waals surface area contributed by atoms with Gasteiger partial charge in [0.1, 0.15) is 11.6 Å². The Bertz CT molecular complexity index is 1410. The van der Waals surface area contributed by atoms with Gasteiger partial charge < -0.3 is 16.0 Å². The Hall–Kier alpha value is -3.50. The van der Waals surface area contributed by atoms with E-state index in [0.717, 1.165) is 17.7 Å². The first kappa shape index (κ1) is 24.2. The Morgan fingerprint density at radius 3 is 2.42 bits per heavy atom. The molecule has 0 spiro atoms. The van der Waals surface area contributed by atoms with Crippen molar-refractivity contribution in [1.82, 2.24) is 10.6 Å². The number of carbonyl (C=O) groups excluding carboxylic acids is 2. The van der Waals surface area contributed by atoms with E-state index in [0.29, 0.717) is 31.3 Å². The van der Waals surface area contributed by atoms with Crippen molar-refractivity contribution in [2.75, 3.05) is 18.4 Å². The van der Waals surface area contributed by atoms with Crippen LogP contribution in [0, 0.1) is 11.6 Å². The summed E-state index contributed by atoms with van der Waals surface area (Å²) in [5.74, 6) is -3.27. The molecule has 186 valence electrons. The van der Waals surface area contributed by atoms with Crippen LogP contribution < -0.4 is 16.0 Å². The zero-order valence-corrected chi connectivity index (χ0v) is 19.0. The van der Waals surface area contributed by atoms with Crippen molar-refractivity contribution in [2.45, 2.75) is 18.1 Å². The van der Waals surface area contributed by atoms with E-state index in [2.05, 4.69) is 16.0 Å². The summed E-state index contributed by atoms with van der Waals surface area (Å²) in [7, 11) is 0. The molecule has 0 aromatic heterocycles. The number of carbonyl (C=O) groups is 2. The van der Waals surface area contributed by atoms with Crippen LogP contribution in [0.1, 0.15) is 54.9 Å². The minimum absolute atomic E-state index is 0.0431. The Labute approximate surface area is 206 Å². The molecule has 0 saturated carbocycles. The van der Waals surface area contributed by atoms with Gasteiger partial charge in [-0.15, -0.1) is 0 Å². The summed E-state index contributed by atoms with van der Waals surface area (Å²) in [5, 5.41) is 8.54. The zero-order chi connectivity index (χ0) is 25.8. The SMILES string of the molecule is O=C(Nc1cc(C2CNC2)cc2c1C(c1cc(F)ccc1Cl)NC2=O)c1cc(F)cc(C(F)(F)F)c1. The van der Waals surface area contributed by atoms with Gasteiger partial charge in [-0.05, 0) is 54.1 Å². The van der Waals surface area contributed by atoms with Gasteiger partial charge in [-0.25, -0.2) is 8.78 Å². The third-order valence-corrected chi connectivity index (χ3v) is 6.61. The largest absolute Gasteiger partial charge is 0.416 e. The van der Waals surface area contributed by atoms with E-state index in [1.54, 1.807) is 12.1 Å². The van der Waals surface area contributed by atoms with Gasteiger partial charge in [0.25, 0.3) is 11.8 Å². The van der Waals surface area contributed by atoms with Crippen molar-refractivity contribution in [1.29, 1.82) is 0 Å². The first-order chi connectivity index (χ1) is 17.0. The van der Waals surface area contributed by atoms with E-state index >= 15 is 0 Å². The first-order valence-corrected chi connectivity index (χ1v) is 11.2. The number of hydrogen-bond acceptors (Lipinski definition) is 3. The number of alkyl halides is 3. The molecule has 1 atom stereocenters. The molecular formula is C25H17ClF5N3O2. The zero-order valence-electron chi connectivity index (χ0n) is 18.3. The Balaban J connectivity index is 1.61. The van der Waals surface area contributed by atoms with E-state index in [1.165, 1.54) is 6.07 Å².